The molecule has 5 nitrogen and oxygen atoms in total. The van der Waals surface area contributed by atoms with Crippen LogP contribution in [0.25, 0.3) is 0 Å². The summed E-state index contributed by atoms with van der Waals surface area (Å²) >= 11 is 3.23. The molecule has 0 radical (unpaired) electrons. The molecule has 1 N–H and O–H groups in total. The van der Waals surface area contributed by atoms with Crippen molar-refractivity contribution >= 4 is 31.9 Å². The maximum absolute atomic E-state index is 12.4. The normalized spacial score (nSPS) is 12.8. The fourth-order valence-electron chi connectivity index (χ4n) is 1.95. The van der Waals surface area contributed by atoms with Crippen molar-refractivity contribution in [3.63, 3.8) is 0 Å². The average molecular weight is 383 g/mol. The van der Waals surface area contributed by atoms with Crippen molar-refractivity contribution in [3.8, 4) is 0 Å². The second kappa shape index (κ2) is 7.04. The van der Waals surface area contributed by atoms with Crippen molar-refractivity contribution in [3.05, 3.63) is 64.6 Å². The zero-order valence-corrected chi connectivity index (χ0v) is 13.8. The Bertz CT molecular complexity index is 745. The Hall–Kier alpha value is -1.70. The van der Waals surface area contributed by atoms with E-state index in [1.54, 1.807) is 42.5 Å². The number of rotatable bonds is 6. The van der Waals surface area contributed by atoms with Crippen LogP contribution in [0.3, 0.4) is 0 Å². The van der Waals surface area contributed by atoms with E-state index in [0.29, 0.717) is 5.56 Å². The van der Waals surface area contributed by atoms with Gasteiger partial charge in [0.1, 0.15) is 0 Å². The smallest absolute Gasteiger partial charge is 0.241 e. The molecule has 2 rings (SSSR count). The fourth-order valence-corrected chi connectivity index (χ4v) is 3.44. The highest BCUT2D eigenvalue weighted by Crippen LogP contribution is 2.21. The van der Waals surface area contributed by atoms with Gasteiger partial charge in [0.05, 0.1) is 10.9 Å². The van der Waals surface area contributed by atoms with Gasteiger partial charge in [0.25, 0.3) is 0 Å². The number of carbonyl (C=O) groups is 1. The molecule has 0 aromatic heterocycles. The summed E-state index contributed by atoms with van der Waals surface area (Å²) in [6.07, 6.45) is -0.445. The Morgan fingerprint density at radius 1 is 1.09 bits per heavy atom. The summed E-state index contributed by atoms with van der Waals surface area (Å²) in [6, 6.07) is 13.7. The summed E-state index contributed by atoms with van der Waals surface area (Å²) < 4.78 is 27.9. The maximum Gasteiger partial charge on any atom is 0.241 e. The van der Waals surface area contributed by atoms with E-state index < -0.39 is 28.5 Å². The molecule has 116 valence electrons. The number of nitrogens with one attached hydrogen (secondary N) is 1. The van der Waals surface area contributed by atoms with Crippen LogP contribution >= 0.6 is 15.9 Å². The second-order valence-corrected chi connectivity index (χ2v) is 7.24. The quantitative estimate of drug-likeness (QED) is 0.821. The third kappa shape index (κ3) is 4.40. The highest BCUT2D eigenvalue weighted by atomic mass is 79.9. The molecule has 2 aromatic carbocycles. The average Bonchev–Trinajstić information content (AvgIpc) is 2.47. The number of sulfonamides is 1. The molecule has 0 saturated carbocycles. The Morgan fingerprint density at radius 2 is 1.68 bits per heavy atom. The van der Waals surface area contributed by atoms with Crippen molar-refractivity contribution in [2.24, 2.45) is 0 Å². The Kier molecular flexibility index (Phi) is 5.33. The molecular formula is C15H13BrNO4S-. The van der Waals surface area contributed by atoms with Gasteiger partial charge in [-0.15, -0.1) is 0 Å². The van der Waals surface area contributed by atoms with E-state index in [9.17, 15) is 18.3 Å². The van der Waals surface area contributed by atoms with Gasteiger partial charge < -0.3 is 9.90 Å². The maximum atomic E-state index is 12.4. The highest BCUT2D eigenvalue weighted by Gasteiger charge is 2.21. The van der Waals surface area contributed by atoms with E-state index in [4.69, 9.17) is 0 Å². The lowest BCUT2D eigenvalue weighted by Gasteiger charge is -2.19. The van der Waals surface area contributed by atoms with Gasteiger partial charge in [-0.2, -0.15) is 0 Å². The summed E-state index contributed by atoms with van der Waals surface area (Å²) in [4.78, 5) is 11.0. The van der Waals surface area contributed by atoms with Crippen LogP contribution in [-0.2, 0) is 14.8 Å². The topological polar surface area (TPSA) is 86.3 Å². The molecular weight excluding hydrogens is 370 g/mol. The van der Waals surface area contributed by atoms with Crippen LogP contribution in [0, 0.1) is 0 Å². The van der Waals surface area contributed by atoms with E-state index >= 15 is 0 Å². The van der Waals surface area contributed by atoms with Gasteiger partial charge in [-0.25, -0.2) is 13.1 Å². The minimum absolute atomic E-state index is 0.0648. The molecule has 0 amide bonds. The van der Waals surface area contributed by atoms with Crippen molar-refractivity contribution in [2.45, 2.75) is 17.4 Å². The minimum Gasteiger partial charge on any atom is -0.550 e. The summed E-state index contributed by atoms with van der Waals surface area (Å²) in [5.41, 5.74) is 0.562. The van der Waals surface area contributed by atoms with Gasteiger partial charge in [0, 0.05) is 16.9 Å². The molecule has 0 saturated heterocycles. The molecule has 0 aliphatic carbocycles. The number of carboxylic acid groups (broad SMARTS) is 1. The molecule has 0 spiro atoms. The lowest BCUT2D eigenvalue weighted by molar-refractivity contribution is -0.306. The number of hydrogen-bond donors (Lipinski definition) is 1. The van der Waals surface area contributed by atoms with E-state index in [1.807, 2.05) is 0 Å². The first kappa shape index (κ1) is 16.7. The second-order valence-electron chi connectivity index (χ2n) is 4.61. The molecule has 0 aliphatic rings. The number of benzene rings is 2. The van der Waals surface area contributed by atoms with Crippen LogP contribution in [0.4, 0.5) is 0 Å². The summed E-state index contributed by atoms with van der Waals surface area (Å²) in [5, 5.41) is 10.9. The molecule has 22 heavy (non-hydrogen) atoms. The lowest BCUT2D eigenvalue weighted by Crippen LogP contribution is -2.34. The number of halogens is 1. The van der Waals surface area contributed by atoms with Crippen LogP contribution in [0.2, 0.25) is 0 Å². The van der Waals surface area contributed by atoms with Crippen LogP contribution in [0.5, 0.6) is 0 Å². The predicted octanol–water partition coefficient (Wildman–Crippen LogP) is 1.61. The van der Waals surface area contributed by atoms with E-state index in [0.717, 1.165) is 4.47 Å². The summed E-state index contributed by atoms with van der Waals surface area (Å²) in [6.45, 7) is 0. The van der Waals surface area contributed by atoms with Gasteiger partial charge in [-0.05, 0) is 29.8 Å². The zero-order chi connectivity index (χ0) is 16.2. The van der Waals surface area contributed by atoms with Crippen molar-refractivity contribution < 1.29 is 18.3 Å². The molecule has 0 bridgehead atoms. The van der Waals surface area contributed by atoms with Gasteiger partial charge in [0.2, 0.25) is 10.0 Å². The van der Waals surface area contributed by atoms with Crippen LogP contribution in [0.1, 0.15) is 18.0 Å². The van der Waals surface area contributed by atoms with Crippen LogP contribution in [-0.4, -0.2) is 14.4 Å². The third-order valence-electron chi connectivity index (χ3n) is 2.99. The number of carboxylic acids is 1. The third-order valence-corrected chi connectivity index (χ3v) is 5.01. The standard InChI is InChI=1S/C15H14BrNO4S/c16-12-6-8-13(9-7-12)22(20,21)17-14(10-15(18)19)11-4-2-1-3-5-11/h1-9,14,17H,10H2,(H,18,19)/p-1. The number of hydrogen-bond acceptors (Lipinski definition) is 4. The van der Waals surface area contributed by atoms with Gasteiger partial charge in [-0.3, -0.25) is 0 Å². The van der Waals surface area contributed by atoms with Crippen molar-refractivity contribution in [1.29, 1.82) is 0 Å². The van der Waals surface area contributed by atoms with Crippen molar-refractivity contribution in [2.75, 3.05) is 0 Å². The SMILES string of the molecule is O=C([O-])CC(NS(=O)(=O)c1ccc(Br)cc1)c1ccccc1. The van der Waals surface area contributed by atoms with Crippen LogP contribution in [0.15, 0.2) is 64.0 Å². The number of carbonyl (C=O) groups excluding carboxylic acids is 1. The minimum atomic E-state index is -3.83. The van der Waals surface area contributed by atoms with Gasteiger partial charge in [0.15, 0.2) is 0 Å². The summed E-state index contributed by atoms with van der Waals surface area (Å²) in [7, 11) is -3.83. The van der Waals surface area contributed by atoms with Gasteiger partial charge in [-0.1, -0.05) is 46.3 Å². The lowest BCUT2D eigenvalue weighted by atomic mass is 10.1. The highest BCUT2D eigenvalue weighted by molar-refractivity contribution is 9.10. The molecule has 0 heterocycles. The predicted molar refractivity (Wildman–Crippen MR) is 83.3 cm³/mol. The molecule has 7 heteroatoms. The molecule has 1 atom stereocenters. The largest absolute Gasteiger partial charge is 0.550 e. The van der Waals surface area contributed by atoms with E-state index in [1.165, 1.54) is 12.1 Å². The zero-order valence-electron chi connectivity index (χ0n) is 11.4. The Labute approximate surface area is 137 Å². The molecule has 0 fully saturated rings. The molecule has 2 aromatic rings. The first-order chi connectivity index (χ1) is 10.4. The Balaban J connectivity index is 2.30. The fraction of sp³-hybridized carbons (Fsp3) is 0.133. The van der Waals surface area contributed by atoms with Gasteiger partial charge >= 0.3 is 0 Å². The first-order valence-corrected chi connectivity index (χ1v) is 8.69. The van der Waals surface area contributed by atoms with E-state index in [-0.39, 0.29) is 4.90 Å². The monoisotopic (exact) mass is 382 g/mol. The molecule has 0 aliphatic heterocycles. The summed E-state index contributed by atoms with van der Waals surface area (Å²) in [5.74, 6) is -1.33. The van der Waals surface area contributed by atoms with Crippen LogP contribution < -0.4 is 9.83 Å². The molecule has 1 unspecified atom stereocenters. The Morgan fingerprint density at radius 3 is 2.23 bits per heavy atom. The van der Waals surface area contributed by atoms with E-state index in [2.05, 4.69) is 20.7 Å². The van der Waals surface area contributed by atoms with Crippen molar-refractivity contribution in [1.82, 2.24) is 4.72 Å². The number of aliphatic carboxylic acids is 1. The first-order valence-electron chi connectivity index (χ1n) is 6.41.